The Labute approximate surface area is 252 Å². The second-order valence-corrected chi connectivity index (χ2v) is 18.1. The molecule has 228 valence electrons. The van der Waals surface area contributed by atoms with Crippen molar-refractivity contribution in [3.8, 4) is 5.75 Å². The van der Waals surface area contributed by atoms with Crippen LogP contribution in [0.15, 0.2) is 70.2 Å². The molecule has 8 nitrogen and oxygen atoms in total. The number of hydroxylamine groups is 1. The molecule has 1 aliphatic heterocycles. The van der Waals surface area contributed by atoms with E-state index < -0.39 is 28.7 Å². The van der Waals surface area contributed by atoms with Crippen LogP contribution in [-0.2, 0) is 34.8 Å². The van der Waals surface area contributed by atoms with Gasteiger partial charge < -0.3 is 19.0 Å². The van der Waals surface area contributed by atoms with E-state index in [9.17, 15) is 14.2 Å². The predicted octanol–water partition coefficient (Wildman–Crippen LogP) is 7.46. The molecule has 1 aromatic rings. The molecular weight excluding hydrogens is 569 g/mol. The number of ether oxygens (including phenoxy) is 3. The van der Waals surface area contributed by atoms with Gasteiger partial charge in [0.1, 0.15) is 11.3 Å². The number of carbonyl (C=O) groups excluding carboxylic acids is 2. The van der Waals surface area contributed by atoms with Crippen LogP contribution in [0, 0.1) is 5.92 Å². The van der Waals surface area contributed by atoms with Crippen LogP contribution >= 0.6 is 8.61 Å². The first-order chi connectivity index (χ1) is 19.9. The van der Waals surface area contributed by atoms with Crippen LogP contribution in [0.4, 0.5) is 0 Å². The Kier molecular flexibility index (Phi) is 11.9. The Morgan fingerprint density at radius 3 is 2.57 bits per heavy atom. The minimum atomic E-state index is -1.34. The summed E-state index contributed by atoms with van der Waals surface area (Å²) in [5, 5.41) is 0. The summed E-state index contributed by atoms with van der Waals surface area (Å²) in [7, 11) is -2.32. The first kappa shape index (κ1) is 33.5. The van der Waals surface area contributed by atoms with Crippen molar-refractivity contribution in [3.05, 3.63) is 75.8 Å². The molecule has 0 radical (unpaired) electrons. The van der Waals surface area contributed by atoms with Gasteiger partial charge in [-0.15, -0.1) is 0 Å². The SMILES string of the molecule is CCOC(=O)C(C)N(Oc1ccccc1CC(C)=CCC1=C(CC)C(C)C2=COC(=O)C2=C1OCC[Si](C)(C)C)[PH+]=O. The van der Waals surface area contributed by atoms with Crippen molar-refractivity contribution in [1.29, 1.82) is 0 Å². The van der Waals surface area contributed by atoms with Crippen molar-refractivity contribution in [2.75, 3.05) is 13.2 Å². The molecule has 10 heteroatoms. The number of nitrogens with zero attached hydrogens (tertiary/aromatic N) is 1. The summed E-state index contributed by atoms with van der Waals surface area (Å²) in [5.41, 5.74) is 5.75. The highest BCUT2D eigenvalue weighted by Gasteiger charge is 2.38. The Balaban J connectivity index is 1.86. The molecule has 3 unspecified atom stereocenters. The van der Waals surface area contributed by atoms with E-state index in [0.717, 1.165) is 39.6 Å². The van der Waals surface area contributed by atoms with Gasteiger partial charge in [0.2, 0.25) is 0 Å². The molecule has 0 spiro atoms. The summed E-state index contributed by atoms with van der Waals surface area (Å²) in [6.45, 7) is 17.4. The quantitative estimate of drug-likeness (QED) is 0.0661. The third kappa shape index (κ3) is 8.30. The van der Waals surface area contributed by atoms with Gasteiger partial charge in [-0.1, -0.05) is 68.9 Å². The van der Waals surface area contributed by atoms with Crippen molar-refractivity contribution < 1.29 is 33.2 Å². The van der Waals surface area contributed by atoms with Crippen LogP contribution in [0.1, 0.15) is 53.0 Å². The first-order valence-electron chi connectivity index (χ1n) is 14.7. The van der Waals surface area contributed by atoms with E-state index in [1.165, 1.54) is 5.57 Å². The Hall–Kier alpha value is -3.00. The van der Waals surface area contributed by atoms with Crippen LogP contribution in [0.2, 0.25) is 25.7 Å². The number of rotatable bonds is 15. The second-order valence-electron chi connectivity index (χ2n) is 11.9. The second kappa shape index (κ2) is 14.9. The number of allylic oxidation sites excluding steroid dienone is 4. The van der Waals surface area contributed by atoms with E-state index in [0.29, 0.717) is 36.5 Å². The fourth-order valence-electron chi connectivity index (χ4n) is 5.03. The lowest BCUT2D eigenvalue weighted by Crippen LogP contribution is -2.36. The Morgan fingerprint density at radius 1 is 1.21 bits per heavy atom. The van der Waals surface area contributed by atoms with Gasteiger partial charge in [-0.3, -0.25) is 4.79 Å². The third-order valence-electron chi connectivity index (χ3n) is 7.51. The zero-order valence-corrected chi connectivity index (χ0v) is 28.2. The molecule has 0 N–H and O–H groups in total. The van der Waals surface area contributed by atoms with E-state index in [2.05, 4.69) is 46.5 Å². The number of fused-ring (bicyclic) bond motifs is 1. The van der Waals surface area contributed by atoms with Crippen molar-refractivity contribution in [2.45, 2.75) is 85.6 Å². The van der Waals surface area contributed by atoms with E-state index in [4.69, 9.17) is 19.0 Å². The van der Waals surface area contributed by atoms with Crippen molar-refractivity contribution in [2.24, 2.45) is 5.92 Å². The molecule has 0 saturated carbocycles. The highest BCUT2D eigenvalue weighted by atomic mass is 31.1. The number of hydrogen-bond acceptors (Lipinski definition) is 7. The van der Waals surface area contributed by atoms with Crippen LogP contribution in [0.5, 0.6) is 5.75 Å². The highest BCUT2D eigenvalue weighted by molar-refractivity contribution is 7.20. The lowest BCUT2D eigenvalue weighted by molar-refractivity contribution is -0.153. The maximum Gasteiger partial charge on any atom is 0.457 e. The van der Waals surface area contributed by atoms with Gasteiger partial charge in [0.15, 0.2) is 11.8 Å². The van der Waals surface area contributed by atoms with Crippen LogP contribution in [0.25, 0.3) is 0 Å². The van der Waals surface area contributed by atoms with Crippen molar-refractivity contribution >= 4 is 28.6 Å². The molecule has 2 aliphatic rings. The molecular formula is C32H45NO7PSi+. The van der Waals surface area contributed by atoms with Crippen LogP contribution in [0.3, 0.4) is 0 Å². The number of para-hydroxylation sites is 1. The summed E-state index contributed by atoms with van der Waals surface area (Å²) in [4.78, 5) is 32.1. The van der Waals surface area contributed by atoms with Crippen LogP contribution in [-0.4, -0.2) is 44.1 Å². The third-order valence-corrected chi connectivity index (χ3v) is 9.87. The normalized spacial score (nSPS) is 18.2. The maximum atomic E-state index is 12.8. The van der Waals surface area contributed by atoms with Gasteiger partial charge >= 0.3 is 20.5 Å². The number of carbonyl (C=O) groups is 2. The van der Waals surface area contributed by atoms with E-state index in [1.807, 2.05) is 18.2 Å². The lowest BCUT2D eigenvalue weighted by Gasteiger charge is -2.29. The molecule has 0 fully saturated rings. The summed E-state index contributed by atoms with van der Waals surface area (Å²) in [6.07, 6.45) is 5.79. The average Bonchev–Trinajstić information content (AvgIpc) is 3.33. The molecule has 0 aromatic heterocycles. The number of benzene rings is 1. The standard InChI is InChI=1S/C32H44NO7PSi/c1-9-25-22(4)27-20-39-32(35)29(27)30(38-17-18-42(6,7)8)26(25)16-15-21(3)19-24-13-11-12-14-28(24)40-33(41-36)23(5)31(34)37-10-2/h11-15,20,22-23H,9-10,16-19H2,1-8H3/p+1. The monoisotopic (exact) mass is 614 g/mol. The van der Waals surface area contributed by atoms with E-state index in [-0.39, 0.29) is 18.5 Å². The Bertz CT molecular complexity index is 1310. The van der Waals surface area contributed by atoms with E-state index >= 15 is 0 Å². The summed E-state index contributed by atoms with van der Waals surface area (Å²) in [6, 6.07) is 7.66. The molecule has 1 aliphatic carbocycles. The molecule has 1 heterocycles. The highest BCUT2D eigenvalue weighted by Crippen LogP contribution is 2.44. The molecule has 0 bridgehead atoms. The fraction of sp³-hybridized carbons (Fsp3) is 0.500. The number of esters is 2. The minimum absolute atomic E-state index is 0.0684. The largest absolute Gasteiger partial charge is 0.493 e. The molecule has 1 aromatic carbocycles. The summed E-state index contributed by atoms with van der Waals surface area (Å²) >= 11 is 0. The van der Waals surface area contributed by atoms with Gasteiger partial charge in [-0.25, -0.2) is 4.79 Å². The van der Waals surface area contributed by atoms with Gasteiger partial charge in [-0.2, -0.15) is 0 Å². The van der Waals surface area contributed by atoms with Gasteiger partial charge in [-0.05, 0) is 62.3 Å². The average molecular weight is 615 g/mol. The van der Waals surface area contributed by atoms with Crippen molar-refractivity contribution in [3.63, 3.8) is 0 Å². The lowest BCUT2D eigenvalue weighted by atomic mass is 9.77. The molecule has 3 rings (SSSR count). The topological polar surface area (TPSA) is 91.4 Å². The predicted molar refractivity (Wildman–Crippen MR) is 168 cm³/mol. The van der Waals surface area contributed by atoms with Crippen molar-refractivity contribution in [1.82, 2.24) is 4.83 Å². The van der Waals surface area contributed by atoms with E-state index in [1.54, 1.807) is 26.2 Å². The zero-order chi connectivity index (χ0) is 31.0. The van der Waals surface area contributed by atoms with Gasteiger partial charge in [0.25, 0.3) is 0 Å². The van der Waals surface area contributed by atoms with Gasteiger partial charge in [0, 0.05) is 25.1 Å². The van der Waals surface area contributed by atoms with Crippen LogP contribution < -0.4 is 4.84 Å². The minimum Gasteiger partial charge on any atom is -0.493 e. The first-order valence-corrected chi connectivity index (χ1v) is 19.2. The van der Waals surface area contributed by atoms with Gasteiger partial charge in [0.05, 0.1) is 24.3 Å². The summed E-state index contributed by atoms with van der Waals surface area (Å²) < 4.78 is 28.7. The molecule has 3 atom stereocenters. The number of cyclic esters (lactones) is 1. The number of hydrogen-bond donors (Lipinski definition) is 0. The molecule has 42 heavy (non-hydrogen) atoms. The fourth-order valence-corrected chi connectivity index (χ4v) is 6.15. The Morgan fingerprint density at radius 2 is 1.93 bits per heavy atom. The smallest absolute Gasteiger partial charge is 0.457 e. The zero-order valence-electron chi connectivity index (χ0n) is 26.2. The molecule has 0 amide bonds. The molecule has 0 saturated heterocycles. The summed E-state index contributed by atoms with van der Waals surface area (Å²) in [5.74, 6) is 0.395. The maximum absolute atomic E-state index is 12.8.